The molecule has 2 heterocycles. The first-order chi connectivity index (χ1) is 20.4. The van der Waals surface area contributed by atoms with Gasteiger partial charge in [-0.25, -0.2) is 9.97 Å². The molecule has 0 saturated heterocycles. The number of nitrogens with one attached hydrogen (secondary N) is 1. The quantitative estimate of drug-likeness (QED) is 0.131. The van der Waals surface area contributed by atoms with Crippen molar-refractivity contribution in [2.24, 2.45) is 0 Å². The van der Waals surface area contributed by atoms with Crippen LogP contribution >= 0.6 is 45.9 Å². The Bertz CT molecular complexity index is 1870. The first kappa shape index (κ1) is 29.0. The van der Waals surface area contributed by atoms with Crippen LogP contribution in [0.2, 0.25) is 10.0 Å². The minimum atomic E-state index is -0.774. The lowest BCUT2D eigenvalue weighted by Crippen LogP contribution is -2.16. The summed E-state index contributed by atoms with van der Waals surface area (Å²) in [6.45, 7) is 0. The predicted octanol–water partition coefficient (Wildman–Crippen LogP) is 8.83. The van der Waals surface area contributed by atoms with E-state index < -0.39 is 11.8 Å². The number of nitriles is 2. The second-order valence-corrected chi connectivity index (χ2v) is 11.6. The highest BCUT2D eigenvalue weighted by Crippen LogP contribution is 2.34. The normalized spacial score (nSPS) is 12.1. The molecule has 2 N–H and O–H groups in total. The summed E-state index contributed by atoms with van der Waals surface area (Å²) in [5.41, 5.74) is 3.51. The van der Waals surface area contributed by atoms with Gasteiger partial charge in [0.1, 0.15) is 33.3 Å². The summed E-state index contributed by atoms with van der Waals surface area (Å²) in [5.74, 6) is -1.54. The van der Waals surface area contributed by atoms with Gasteiger partial charge in [0.25, 0.3) is 0 Å². The van der Waals surface area contributed by atoms with Crippen LogP contribution in [0, 0.1) is 22.7 Å². The number of allylic oxidation sites excluding steroid dienone is 1. The molecule has 1 atom stereocenters. The molecule has 7 nitrogen and oxygen atoms in total. The molecule has 42 heavy (non-hydrogen) atoms. The molecule has 0 aliphatic heterocycles. The van der Waals surface area contributed by atoms with Crippen LogP contribution in [0.15, 0.2) is 83.6 Å². The minimum Gasteiger partial charge on any atom is -0.506 e. The zero-order chi connectivity index (χ0) is 29.6. The molecule has 2 aromatic heterocycles. The molecule has 0 spiro atoms. The Morgan fingerprint density at radius 1 is 0.881 bits per heavy atom. The Hall–Kier alpha value is -4.51. The van der Waals surface area contributed by atoms with Gasteiger partial charge in [-0.1, -0.05) is 59.6 Å². The van der Waals surface area contributed by atoms with Gasteiger partial charge in [0, 0.05) is 43.9 Å². The number of para-hydroxylation sites is 1. The van der Waals surface area contributed by atoms with Crippen LogP contribution < -0.4 is 5.32 Å². The summed E-state index contributed by atoms with van der Waals surface area (Å²) < 4.78 is 0. The molecule has 1 amide bonds. The van der Waals surface area contributed by atoms with Crippen LogP contribution in [0.3, 0.4) is 0 Å². The van der Waals surface area contributed by atoms with Crippen molar-refractivity contribution in [3.63, 3.8) is 0 Å². The minimum absolute atomic E-state index is 0.0330. The van der Waals surface area contributed by atoms with Crippen molar-refractivity contribution in [2.75, 3.05) is 5.32 Å². The maximum atomic E-state index is 13.1. The lowest BCUT2D eigenvalue weighted by Gasteiger charge is -2.12. The first-order valence-corrected chi connectivity index (χ1v) is 14.9. The van der Waals surface area contributed by atoms with Crippen molar-refractivity contribution < 1.29 is 9.90 Å². The molecule has 0 saturated carbocycles. The summed E-state index contributed by atoms with van der Waals surface area (Å²) in [7, 11) is 0. The lowest BCUT2D eigenvalue weighted by atomic mass is 10.1. The van der Waals surface area contributed by atoms with Crippen LogP contribution in [-0.2, 0) is 4.79 Å². The van der Waals surface area contributed by atoms with E-state index in [0.29, 0.717) is 37.1 Å². The molecule has 5 rings (SSSR count). The van der Waals surface area contributed by atoms with Gasteiger partial charge in [-0.05, 0) is 36.4 Å². The Labute approximate surface area is 259 Å². The van der Waals surface area contributed by atoms with Crippen molar-refractivity contribution in [1.82, 2.24) is 9.97 Å². The number of rotatable bonds is 8. The average molecular weight is 629 g/mol. The number of aliphatic hydroxyl groups is 1. The van der Waals surface area contributed by atoms with E-state index in [4.69, 9.17) is 23.2 Å². The van der Waals surface area contributed by atoms with Gasteiger partial charge in [-0.15, -0.1) is 22.7 Å². The number of nitrogens with zero attached hydrogens (tertiary/aromatic N) is 4. The smallest absolute Gasteiger partial charge is 0.226 e. The number of carbonyl (C=O) groups is 1. The number of hydrogen-bond acceptors (Lipinski definition) is 8. The Morgan fingerprint density at radius 3 is 2.10 bits per heavy atom. The zero-order valence-corrected chi connectivity index (χ0v) is 24.7. The average Bonchev–Trinajstić information content (AvgIpc) is 3.68. The van der Waals surface area contributed by atoms with Gasteiger partial charge in [0.05, 0.1) is 23.1 Å². The molecule has 11 heteroatoms. The van der Waals surface area contributed by atoms with Gasteiger partial charge >= 0.3 is 0 Å². The Balaban J connectivity index is 1.35. The van der Waals surface area contributed by atoms with Crippen molar-refractivity contribution >= 4 is 68.8 Å². The maximum absolute atomic E-state index is 13.1. The highest BCUT2D eigenvalue weighted by molar-refractivity contribution is 7.11. The highest BCUT2D eigenvalue weighted by Gasteiger charge is 2.22. The third kappa shape index (κ3) is 6.52. The second kappa shape index (κ2) is 13.0. The molecular weight excluding hydrogens is 609 g/mol. The van der Waals surface area contributed by atoms with E-state index in [1.54, 1.807) is 53.9 Å². The van der Waals surface area contributed by atoms with E-state index in [2.05, 4.69) is 21.4 Å². The van der Waals surface area contributed by atoms with Crippen molar-refractivity contribution in [1.29, 1.82) is 10.5 Å². The standard InChI is InChI=1S/C31H19Cl2N5O2S2/c32-21-9-5-18(6-10-21)26-16-41-30(37-26)20(14-34)13-28(39)36-25-4-2-1-3-23(25)29(40)24(15-35)31-38-27(17-42-31)19-7-11-22(33)12-8-19/h1-12,16-17,20,40H,13H2,(H,36,39). The number of amides is 1. The van der Waals surface area contributed by atoms with Crippen molar-refractivity contribution in [2.45, 2.75) is 12.3 Å². The van der Waals surface area contributed by atoms with E-state index in [1.165, 1.54) is 22.7 Å². The molecule has 0 bridgehead atoms. The van der Waals surface area contributed by atoms with E-state index in [1.807, 2.05) is 35.7 Å². The van der Waals surface area contributed by atoms with Gasteiger partial charge in [0.15, 0.2) is 0 Å². The molecule has 0 aliphatic rings. The van der Waals surface area contributed by atoms with E-state index in [9.17, 15) is 20.4 Å². The van der Waals surface area contributed by atoms with E-state index in [0.717, 1.165) is 11.1 Å². The number of carbonyl (C=O) groups excluding carboxylic acids is 1. The third-order valence-electron chi connectivity index (χ3n) is 6.17. The largest absolute Gasteiger partial charge is 0.506 e. The van der Waals surface area contributed by atoms with Crippen molar-refractivity contribution in [3.8, 4) is 34.7 Å². The fourth-order valence-electron chi connectivity index (χ4n) is 4.05. The molecule has 1 unspecified atom stereocenters. The molecule has 5 aromatic rings. The van der Waals surface area contributed by atoms with E-state index in [-0.39, 0.29) is 23.3 Å². The summed E-state index contributed by atoms with van der Waals surface area (Å²) in [5, 5.41) is 39.3. The first-order valence-electron chi connectivity index (χ1n) is 12.4. The maximum Gasteiger partial charge on any atom is 0.226 e. The fourth-order valence-corrected chi connectivity index (χ4v) is 6.00. The van der Waals surface area contributed by atoms with Gasteiger partial charge in [-0.3, -0.25) is 4.79 Å². The van der Waals surface area contributed by atoms with Gasteiger partial charge < -0.3 is 10.4 Å². The number of aliphatic hydroxyl groups excluding tert-OH is 1. The number of aromatic nitrogens is 2. The molecule has 3 aromatic carbocycles. The van der Waals surface area contributed by atoms with Gasteiger partial charge in [-0.2, -0.15) is 10.5 Å². The summed E-state index contributed by atoms with van der Waals surface area (Å²) in [6.07, 6.45) is -0.148. The van der Waals surface area contributed by atoms with Crippen LogP contribution in [0.1, 0.15) is 27.9 Å². The van der Waals surface area contributed by atoms with E-state index >= 15 is 0 Å². The van der Waals surface area contributed by atoms with Crippen LogP contribution in [0.5, 0.6) is 0 Å². The Morgan fingerprint density at radius 2 is 1.48 bits per heavy atom. The number of anilines is 1. The van der Waals surface area contributed by atoms with Crippen molar-refractivity contribution in [3.05, 3.63) is 109 Å². The topological polar surface area (TPSA) is 123 Å². The van der Waals surface area contributed by atoms with Crippen LogP contribution in [0.4, 0.5) is 5.69 Å². The third-order valence-corrected chi connectivity index (χ3v) is 8.49. The van der Waals surface area contributed by atoms with Crippen LogP contribution in [-0.4, -0.2) is 21.0 Å². The lowest BCUT2D eigenvalue weighted by molar-refractivity contribution is -0.116. The van der Waals surface area contributed by atoms with Crippen LogP contribution in [0.25, 0.3) is 33.8 Å². The number of hydrogen-bond donors (Lipinski definition) is 2. The molecular formula is C31H19Cl2N5O2S2. The SMILES string of the molecule is N#CC(=C(O)c1ccccc1NC(=O)CC(C#N)c1nc(-c2ccc(Cl)cc2)cs1)c1nc(-c2ccc(Cl)cc2)cs1. The summed E-state index contributed by atoms with van der Waals surface area (Å²) in [6, 6.07) is 25.1. The summed E-state index contributed by atoms with van der Waals surface area (Å²) >= 11 is 14.5. The summed E-state index contributed by atoms with van der Waals surface area (Å²) in [4.78, 5) is 22.1. The monoisotopic (exact) mass is 627 g/mol. The molecule has 0 aliphatic carbocycles. The predicted molar refractivity (Wildman–Crippen MR) is 168 cm³/mol. The number of benzene rings is 3. The molecule has 0 radical (unpaired) electrons. The molecule has 0 fully saturated rings. The highest BCUT2D eigenvalue weighted by atomic mass is 35.5. The second-order valence-electron chi connectivity index (χ2n) is 8.94. The zero-order valence-electron chi connectivity index (χ0n) is 21.6. The van der Waals surface area contributed by atoms with Gasteiger partial charge in [0.2, 0.25) is 5.91 Å². The fraction of sp³-hybridized carbons (Fsp3) is 0.0645. The Kier molecular flexibility index (Phi) is 8.97. The number of halogens is 2. The molecule has 206 valence electrons. The number of thiazole rings is 2.